The number of carbonyl (C=O) groups is 2. The van der Waals surface area contributed by atoms with Crippen LogP contribution in [0.2, 0.25) is 0 Å². The van der Waals surface area contributed by atoms with Gasteiger partial charge >= 0.3 is 5.97 Å². The van der Waals surface area contributed by atoms with E-state index in [1.165, 1.54) is 0 Å². The van der Waals surface area contributed by atoms with Gasteiger partial charge in [-0.1, -0.05) is 24.3 Å². The third-order valence-electron chi connectivity index (χ3n) is 5.99. The lowest BCUT2D eigenvalue weighted by molar-refractivity contribution is -0.146. The maximum atomic E-state index is 12.8. The molecule has 0 saturated carbocycles. The van der Waals surface area contributed by atoms with Crippen molar-refractivity contribution >= 4 is 43.2 Å². The van der Waals surface area contributed by atoms with Gasteiger partial charge in [0.15, 0.2) is 5.60 Å². The summed E-state index contributed by atoms with van der Waals surface area (Å²) >= 11 is 8.68. The van der Waals surface area contributed by atoms with Gasteiger partial charge in [-0.25, -0.2) is 4.79 Å². The van der Waals surface area contributed by atoms with E-state index in [2.05, 4.69) is 35.8 Å². The number of hydrogen-bond acceptors (Lipinski definition) is 10. The Labute approximate surface area is 261 Å². The average Bonchev–Trinajstić information content (AvgIpc) is 2.85. The van der Waals surface area contributed by atoms with Crippen LogP contribution in [0.1, 0.15) is 90.2 Å². The van der Waals surface area contributed by atoms with Gasteiger partial charge in [0.1, 0.15) is 27.3 Å². The number of nitrogens with zero attached hydrogens (tertiary/aromatic N) is 1. The maximum Gasteiger partial charge on any atom is 0.338 e. The second-order valence-corrected chi connectivity index (χ2v) is 14.4. The molecule has 0 saturated heterocycles. The lowest BCUT2D eigenvalue weighted by Gasteiger charge is -2.30. The summed E-state index contributed by atoms with van der Waals surface area (Å²) in [6.45, 7) is 17.1. The molecule has 0 heterocycles. The van der Waals surface area contributed by atoms with Crippen LogP contribution < -0.4 is 10.2 Å². The molecule has 0 aromatic heterocycles. The van der Waals surface area contributed by atoms with Crippen molar-refractivity contribution in [3.63, 3.8) is 0 Å². The van der Waals surface area contributed by atoms with E-state index < -0.39 is 33.1 Å². The fraction of sp³-hybridized carbons (Fsp3) is 0.531. The first-order valence-electron chi connectivity index (χ1n) is 13.9. The van der Waals surface area contributed by atoms with E-state index >= 15 is 0 Å². The van der Waals surface area contributed by atoms with E-state index in [1.807, 2.05) is 52.0 Å². The van der Waals surface area contributed by atoms with Crippen molar-refractivity contribution in [2.75, 3.05) is 6.61 Å². The lowest BCUT2D eigenvalue weighted by Crippen LogP contribution is -2.46. The molecule has 0 aliphatic rings. The van der Waals surface area contributed by atoms with E-state index in [1.54, 1.807) is 65.1 Å². The Morgan fingerprint density at radius 1 is 0.905 bits per heavy atom. The Balaban J connectivity index is 1.83. The summed E-state index contributed by atoms with van der Waals surface area (Å²) in [4.78, 5) is 24.2. The Morgan fingerprint density at radius 2 is 1.50 bits per heavy atom. The topological polar surface area (TPSA) is 95.5 Å². The van der Waals surface area contributed by atoms with Crippen LogP contribution >= 0.6 is 25.3 Å². The second-order valence-electron chi connectivity index (χ2n) is 12.2. The number of Topliss-reactive ketones (excluding diaryl/α,β-unsaturated/α-hetero) is 1. The van der Waals surface area contributed by atoms with Crippen LogP contribution in [0.15, 0.2) is 53.6 Å². The predicted molar refractivity (Wildman–Crippen MR) is 174 cm³/mol. The van der Waals surface area contributed by atoms with Gasteiger partial charge in [0.25, 0.3) is 0 Å². The van der Waals surface area contributed by atoms with E-state index in [-0.39, 0.29) is 5.78 Å². The number of ether oxygens (including phenoxy) is 4. The average molecular weight is 619 g/mol. The number of thiol groups is 2. The summed E-state index contributed by atoms with van der Waals surface area (Å²) in [5, 5.41) is 4.27. The summed E-state index contributed by atoms with van der Waals surface area (Å²) in [5.41, 5.74) is 3.56. The summed E-state index contributed by atoms with van der Waals surface area (Å²) in [7, 11) is 0. The minimum Gasteiger partial charge on any atom is -0.480 e. The standard InChI is InChI=1S/C32H46N2O6S2/c1-22(38-32(8,9)42)27(35)30(4,5)39-26-16-12-24(13-17-26)21-34-33-20-23-10-14-25(15-11-23)28(36)40-29(2,3)18-19-37-31(6,7)41/h10-17,20,22,34,41-42H,18-19,21H2,1-9H3/b33-20+. The minimum atomic E-state index is -1.07. The van der Waals surface area contributed by atoms with Gasteiger partial charge in [-0.05, 0) is 97.7 Å². The van der Waals surface area contributed by atoms with Crippen molar-refractivity contribution in [1.29, 1.82) is 0 Å². The highest BCUT2D eigenvalue weighted by molar-refractivity contribution is 7.81. The van der Waals surface area contributed by atoms with Gasteiger partial charge in [-0.3, -0.25) is 4.79 Å². The number of carbonyl (C=O) groups excluding carboxylic acids is 2. The number of esters is 1. The van der Waals surface area contributed by atoms with Gasteiger partial charge in [0.2, 0.25) is 5.78 Å². The third-order valence-corrected chi connectivity index (χ3v) is 6.22. The molecule has 0 radical (unpaired) electrons. The van der Waals surface area contributed by atoms with E-state index in [0.29, 0.717) is 30.9 Å². The molecular weight excluding hydrogens is 572 g/mol. The monoisotopic (exact) mass is 618 g/mol. The first-order chi connectivity index (χ1) is 19.3. The Kier molecular flexibility index (Phi) is 12.5. The van der Waals surface area contributed by atoms with Gasteiger partial charge in [-0.2, -0.15) is 5.10 Å². The van der Waals surface area contributed by atoms with Crippen molar-refractivity contribution in [2.24, 2.45) is 5.10 Å². The zero-order chi connectivity index (χ0) is 31.8. The normalized spacial score (nSPS) is 13.6. The zero-order valence-electron chi connectivity index (χ0n) is 26.2. The smallest absolute Gasteiger partial charge is 0.338 e. The van der Waals surface area contributed by atoms with Crippen LogP contribution in [0.3, 0.4) is 0 Å². The molecule has 8 nitrogen and oxygen atoms in total. The molecule has 1 atom stereocenters. The number of nitrogens with one attached hydrogen (secondary N) is 1. The number of hydrogen-bond donors (Lipinski definition) is 3. The van der Waals surface area contributed by atoms with Crippen LogP contribution in [0.25, 0.3) is 0 Å². The third kappa shape index (κ3) is 13.2. The molecule has 2 rings (SSSR count). The summed E-state index contributed by atoms with van der Waals surface area (Å²) in [6, 6.07) is 14.5. The number of benzene rings is 2. The molecular formula is C32H46N2O6S2. The van der Waals surface area contributed by atoms with Gasteiger partial charge in [0, 0.05) is 6.42 Å². The van der Waals surface area contributed by atoms with Gasteiger partial charge < -0.3 is 24.4 Å². The highest BCUT2D eigenvalue weighted by Crippen LogP contribution is 2.25. The quantitative estimate of drug-likeness (QED) is 0.0640. The molecule has 42 heavy (non-hydrogen) atoms. The Hall–Kier alpha value is -2.53. The van der Waals surface area contributed by atoms with Crippen LogP contribution in [0.5, 0.6) is 5.75 Å². The SMILES string of the molecule is CC(OC(C)(C)S)C(=O)C(C)(C)Oc1ccc(CN/N=C/c2ccc(C(=O)OC(C)(C)CCOC(C)(C)S)cc2)cc1. The van der Waals surface area contributed by atoms with Crippen molar-refractivity contribution in [3.05, 3.63) is 65.2 Å². The molecule has 2 aromatic rings. The molecule has 0 spiro atoms. The molecule has 0 bridgehead atoms. The second kappa shape index (κ2) is 14.8. The maximum absolute atomic E-state index is 12.8. The van der Waals surface area contributed by atoms with Crippen LogP contribution in [0.4, 0.5) is 0 Å². The fourth-order valence-corrected chi connectivity index (χ4v) is 4.12. The first kappa shape index (κ1) is 35.7. The van der Waals surface area contributed by atoms with Gasteiger partial charge in [-0.15, -0.1) is 25.3 Å². The van der Waals surface area contributed by atoms with Crippen LogP contribution in [-0.4, -0.2) is 51.7 Å². The van der Waals surface area contributed by atoms with E-state index in [9.17, 15) is 9.59 Å². The minimum absolute atomic E-state index is 0.169. The molecule has 2 aromatic carbocycles. The molecule has 1 unspecified atom stereocenters. The number of ketones is 1. The van der Waals surface area contributed by atoms with Crippen molar-refractivity contribution in [3.8, 4) is 5.75 Å². The van der Waals surface area contributed by atoms with Crippen LogP contribution in [0, 0.1) is 0 Å². The Morgan fingerprint density at radius 3 is 2.05 bits per heavy atom. The molecule has 0 aliphatic heterocycles. The number of hydrazone groups is 1. The molecule has 0 aliphatic carbocycles. The number of rotatable bonds is 16. The highest BCUT2D eigenvalue weighted by atomic mass is 32.1. The van der Waals surface area contributed by atoms with Crippen LogP contribution in [-0.2, 0) is 25.5 Å². The van der Waals surface area contributed by atoms with Crippen molar-refractivity contribution < 1.29 is 28.5 Å². The summed E-state index contributed by atoms with van der Waals surface area (Å²) in [5.74, 6) is 0.0175. The summed E-state index contributed by atoms with van der Waals surface area (Å²) < 4.78 is 22.9. The molecule has 1 N–H and O–H groups in total. The summed E-state index contributed by atoms with van der Waals surface area (Å²) in [6.07, 6.45) is 1.57. The van der Waals surface area contributed by atoms with E-state index in [0.717, 1.165) is 11.1 Å². The lowest BCUT2D eigenvalue weighted by atomic mass is 9.99. The molecule has 232 valence electrons. The Bertz CT molecular complexity index is 1200. The highest BCUT2D eigenvalue weighted by Gasteiger charge is 2.36. The zero-order valence-corrected chi connectivity index (χ0v) is 28.0. The molecule has 0 amide bonds. The van der Waals surface area contributed by atoms with Gasteiger partial charge in [0.05, 0.1) is 24.9 Å². The first-order valence-corrected chi connectivity index (χ1v) is 14.8. The van der Waals surface area contributed by atoms with Crippen molar-refractivity contribution in [2.45, 2.75) is 102 Å². The molecule has 10 heteroatoms. The fourth-order valence-electron chi connectivity index (χ4n) is 3.87. The molecule has 0 fully saturated rings. The van der Waals surface area contributed by atoms with E-state index in [4.69, 9.17) is 18.9 Å². The predicted octanol–water partition coefficient (Wildman–Crippen LogP) is 6.62. The largest absolute Gasteiger partial charge is 0.480 e. The van der Waals surface area contributed by atoms with Crippen molar-refractivity contribution in [1.82, 2.24) is 5.43 Å².